The Morgan fingerprint density at radius 2 is 2.31 bits per heavy atom. The zero-order chi connectivity index (χ0) is 20.8. The summed E-state index contributed by atoms with van der Waals surface area (Å²) in [6.45, 7) is 1.70. The Hall–Kier alpha value is -2.39. The van der Waals surface area contributed by atoms with Gasteiger partial charge in [0.2, 0.25) is 0 Å². The lowest BCUT2D eigenvalue weighted by atomic mass is 10.1. The van der Waals surface area contributed by atoms with Gasteiger partial charge in [0.1, 0.15) is 11.9 Å². The third-order valence-electron chi connectivity index (χ3n) is 4.44. The summed E-state index contributed by atoms with van der Waals surface area (Å²) in [7, 11) is 1.86. The quantitative estimate of drug-likeness (QED) is 0.566. The van der Waals surface area contributed by atoms with Crippen molar-refractivity contribution in [1.29, 1.82) is 0 Å². The van der Waals surface area contributed by atoms with Gasteiger partial charge in [-0.05, 0) is 25.1 Å². The Bertz CT molecular complexity index is 846. The Morgan fingerprint density at radius 1 is 1.48 bits per heavy atom. The molecule has 2 aromatic rings. The van der Waals surface area contributed by atoms with Crippen LogP contribution in [0.15, 0.2) is 35.6 Å². The van der Waals surface area contributed by atoms with E-state index < -0.39 is 6.61 Å². The lowest BCUT2D eigenvalue weighted by Gasteiger charge is -2.34. The summed E-state index contributed by atoms with van der Waals surface area (Å²) in [6, 6.07) is 4.53. The summed E-state index contributed by atoms with van der Waals surface area (Å²) >= 11 is 6.03. The maximum Gasteiger partial charge on any atom is 0.387 e. The van der Waals surface area contributed by atoms with Crippen LogP contribution in [0, 0.1) is 0 Å². The van der Waals surface area contributed by atoms with Crippen LogP contribution in [-0.2, 0) is 18.3 Å². The third kappa shape index (κ3) is 5.80. The van der Waals surface area contributed by atoms with Gasteiger partial charge < -0.3 is 19.7 Å². The van der Waals surface area contributed by atoms with Gasteiger partial charge in [-0.15, -0.1) is 0 Å². The lowest BCUT2D eigenvalue weighted by Crippen LogP contribution is -2.48. The molecule has 10 heteroatoms. The Labute approximate surface area is 173 Å². The molecule has 1 saturated heterocycles. The first-order valence-electron chi connectivity index (χ1n) is 9.33. The average Bonchev–Trinajstić information content (AvgIpc) is 3.13. The number of hydrogen-bond donors (Lipinski definition) is 1. The smallest absolute Gasteiger partial charge is 0.387 e. The summed E-state index contributed by atoms with van der Waals surface area (Å²) in [5.41, 5.74) is 1.49. The molecule has 0 amide bonds. The van der Waals surface area contributed by atoms with Crippen LogP contribution in [0.5, 0.6) is 5.75 Å². The third-order valence-corrected chi connectivity index (χ3v) is 4.67. The molecule has 0 aliphatic carbocycles. The molecule has 1 N–H and O–H groups in total. The van der Waals surface area contributed by atoms with Crippen LogP contribution in [0.2, 0.25) is 5.02 Å². The minimum atomic E-state index is -2.91. The number of aromatic nitrogens is 2. The number of hydrogen-bond acceptors (Lipinski definition) is 4. The minimum Gasteiger partial charge on any atom is -0.434 e. The van der Waals surface area contributed by atoms with Crippen molar-refractivity contribution in [2.45, 2.75) is 26.2 Å². The predicted molar refractivity (Wildman–Crippen MR) is 106 cm³/mol. The molecule has 29 heavy (non-hydrogen) atoms. The number of ether oxygens (including phenoxy) is 2. The zero-order valence-corrected chi connectivity index (χ0v) is 17.1. The molecule has 2 heterocycles. The molecular weight excluding hydrogens is 404 g/mol. The molecule has 1 unspecified atom stereocenters. The molecular formula is C19H24ClF2N5O2. The van der Waals surface area contributed by atoms with Crippen LogP contribution in [0.4, 0.5) is 8.78 Å². The van der Waals surface area contributed by atoms with Crippen LogP contribution >= 0.6 is 11.6 Å². The number of guanidine groups is 1. The highest BCUT2D eigenvalue weighted by Crippen LogP contribution is 2.26. The van der Waals surface area contributed by atoms with Crippen LogP contribution in [0.3, 0.4) is 0 Å². The van der Waals surface area contributed by atoms with E-state index in [2.05, 4.69) is 25.0 Å². The number of nitrogens with one attached hydrogen (secondary N) is 1. The summed E-state index contributed by atoms with van der Waals surface area (Å²) < 4.78 is 37.6. The van der Waals surface area contributed by atoms with Crippen LogP contribution in [0.25, 0.3) is 0 Å². The molecule has 1 fully saturated rings. The van der Waals surface area contributed by atoms with E-state index in [0.717, 1.165) is 5.56 Å². The fourth-order valence-corrected chi connectivity index (χ4v) is 3.31. The van der Waals surface area contributed by atoms with E-state index >= 15 is 0 Å². The molecule has 1 aromatic heterocycles. The summed E-state index contributed by atoms with van der Waals surface area (Å²) in [4.78, 5) is 6.71. The van der Waals surface area contributed by atoms with Crippen LogP contribution in [-0.4, -0.2) is 53.5 Å². The van der Waals surface area contributed by atoms with Crippen molar-refractivity contribution in [2.24, 2.45) is 12.0 Å². The van der Waals surface area contributed by atoms with E-state index in [1.165, 1.54) is 12.1 Å². The van der Waals surface area contributed by atoms with Crippen molar-refractivity contribution in [1.82, 2.24) is 20.0 Å². The van der Waals surface area contributed by atoms with Crippen molar-refractivity contribution in [2.75, 3.05) is 26.2 Å². The molecule has 158 valence electrons. The van der Waals surface area contributed by atoms with E-state index in [1.54, 1.807) is 16.9 Å². The summed E-state index contributed by atoms with van der Waals surface area (Å²) in [5.74, 6) is 0.742. The van der Waals surface area contributed by atoms with Gasteiger partial charge in [-0.1, -0.05) is 11.6 Å². The van der Waals surface area contributed by atoms with E-state index in [9.17, 15) is 8.78 Å². The number of aliphatic imine (C=N–C) groups is 1. The van der Waals surface area contributed by atoms with Gasteiger partial charge in [0.05, 0.1) is 25.9 Å². The molecule has 1 aliphatic heterocycles. The van der Waals surface area contributed by atoms with Gasteiger partial charge in [0, 0.05) is 42.5 Å². The molecule has 0 bridgehead atoms. The largest absolute Gasteiger partial charge is 0.434 e. The molecule has 1 aliphatic rings. The summed E-state index contributed by atoms with van der Waals surface area (Å²) in [5, 5.41) is 7.89. The topological polar surface area (TPSA) is 63.9 Å². The predicted octanol–water partition coefficient (Wildman–Crippen LogP) is 3.21. The van der Waals surface area contributed by atoms with E-state index in [-0.39, 0.29) is 18.4 Å². The first-order chi connectivity index (χ1) is 14.0. The highest BCUT2D eigenvalue weighted by molar-refractivity contribution is 6.30. The number of benzene rings is 1. The maximum absolute atomic E-state index is 12.7. The fraction of sp³-hybridized carbons (Fsp3) is 0.474. The zero-order valence-electron chi connectivity index (χ0n) is 16.3. The number of rotatable bonds is 6. The first-order valence-corrected chi connectivity index (χ1v) is 9.70. The Balaban J connectivity index is 1.77. The first kappa shape index (κ1) is 21.3. The number of morpholine rings is 1. The number of nitrogens with zero attached hydrogens (tertiary/aromatic N) is 4. The van der Waals surface area contributed by atoms with Gasteiger partial charge in [-0.2, -0.15) is 13.9 Å². The second kappa shape index (κ2) is 9.89. The van der Waals surface area contributed by atoms with Crippen molar-refractivity contribution in [3.8, 4) is 5.75 Å². The van der Waals surface area contributed by atoms with Crippen LogP contribution in [0.1, 0.15) is 24.2 Å². The summed E-state index contributed by atoms with van der Waals surface area (Å²) in [6.07, 6.45) is 3.60. The number of alkyl halides is 2. The van der Waals surface area contributed by atoms with E-state index in [1.807, 2.05) is 20.2 Å². The second-order valence-corrected chi connectivity index (χ2v) is 6.99. The monoisotopic (exact) mass is 427 g/mol. The molecule has 1 atom stereocenters. The van der Waals surface area contributed by atoms with Gasteiger partial charge >= 0.3 is 6.61 Å². The normalized spacial score (nSPS) is 17.7. The van der Waals surface area contributed by atoms with Gasteiger partial charge in [-0.25, -0.2) is 4.99 Å². The van der Waals surface area contributed by atoms with E-state index in [4.69, 9.17) is 16.3 Å². The molecule has 7 nitrogen and oxygen atoms in total. The Kier molecular flexibility index (Phi) is 7.27. The highest BCUT2D eigenvalue weighted by atomic mass is 35.5. The van der Waals surface area contributed by atoms with Crippen molar-refractivity contribution >= 4 is 17.6 Å². The fourth-order valence-electron chi connectivity index (χ4n) is 3.12. The molecule has 3 rings (SSSR count). The molecule has 0 spiro atoms. The maximum atomic E-state index is 12.7. The minimum absolute atomic E-state index is 0.0687. The number of aryl methyl sites for hydroxylation is 1. The van der Waals surface area contributed by atoms with Gasteiger partial charge in [0.15, 0.2) is 5.96 Å². The van der Waals surface area contributed by atoms with E-state index in [0.29, 0.717) is 42.8 Å². The van der Waals surface area contributed by atoms with Crippen molar-refractivity contribution in [3.05, 3.63) is 46.7 Å². The van der Waals surface area contributed by atoms with Crippen molar-refractivity contribution < 1.29 is 18.3 Å². The lowest BCUT2D eigenvalue weighted by molar-refractivity contribution is -0.0504. The SMILES string of the molecule is CCNC(=NCc1cc(Cl)ccc1OC(F)F)N1CCOC(c2cnn(C)c2)C1. The average molecular weight is 428 g/mol. The standard InChI is InChI=1S/C19H24ClF2N5O2/c1-3-23-19(24-9-13-8-15(20)4-5-16(13)29-18(21)22)27-6-7-28-17(12-27)14-10-25-26(2)11-14/h4-5,8,10-11,17-18H,3,6-7,9,12H2,1-2H3,(H,23,24). The molecule has 1 aromatic carbocycles. The number of halogens is 3. The second-order valence-electron chi connectivity index (χ2n) is 6.55. The van der Waals surface area contributed by atoms with Crippen molar-refractivity contribution in [3.63, 3.8) is 0 Å². The molecule has 0 saturated carbocycles. The molecule has 0 radical (unpaired) electrons. The van der Waals surface area contributed by atoms with Gasteiger partial charge in [-0.3, -0.25) is 4.68 Å². The Morgan fingerprint density at radius 3 is 3.00 bits per heavy atom. The van der Waals surface area contributed by atoms with Gasteiger partial charge in [0.25, 0.3) is 0 Å². The highest BCUT2D eigenvalue weighted by Gasteiger charge is 2.25. The van der Waals surface area contributed by atoms with Crippen LogP contribution < -0.4 is 10.1 Å².